The number of rotatable bonds is 5. The highest BCUT2D eigenvalue weighted by Crippen LogP contribution is 2.32. The number of ether oxygens (including phenoxy) is 1. The van der Waals surface area contributed by atoms with Crippen LogP contribution in [0.1, 0.15) is 6.23 Å². The van der Waals surface area contributed by atoms with E-state index in [1.807, 2.05) is 11.9 Å². The average Bonchev–Trinajstić information content (AvgIpc) is 3.09. The molecule has 23 heavy (non-hydrogen) atoms. The number of likely N-dealkylation sites (N-methyl/N-ethyl adjacent to an activating group) is 1. The van der Waals surface area contributed by atoms with Crippen molar-refractivity contribution in [2.75, 3.05) is 25.1 Å². The standard InChI is InChI=1S/C14H19N5O4/c1-3-4-18(2)12-9-13(16-6-15-12)19(7-17-9)14-11(22)10(21)8(5-20)23-14/h3,6-8,10-11,14,20-22H,1,4-5H2,2H3/t8-,10-,11-,14-/m1/s1. The van der Waals surface area contributed by atoms with Gasteiger partial charge in [-0.3, -0.25) is 4.57 Å². The van der Waals surface area contributed by atoms with Crippen molar-refractivity contribution < 1.29 is 20.1 Å². The summed E-state index contributed by atoms with van der Waals surface area (Å²) in [6.07, 6.45) is 0.538. The maximum absolute atomic E-state index is 10.2. The van der Waals surface area contributed by atoms with E-state index in [0.29, 0.717) is 23.5 Å². The van der Waals surface area contributed by atoms with Crippen LogP contribution in [0.25, 0.3) is 11.2 Å². The molecule has 0 saturated carbocycles. The lowest BCUT2D eigenvalue weighted by molar-refractivity contribution is -0.0511. The minimum atomic E-state index is -1.19. The molecule has 1 saturated heterocycles. The second-order valence-electron chi connectivity index (χ2n) is 5.42. The van der Waals surface area contributed by atoms with E-state index in [4.69, 9.17) is 4.74 Å². The van der Waals surface area contributed by atoms with Crippen LogP contribution in [0.4, 0.5) is 5.82 Å². The van der Waals surface area contributed by atoms with Crippen molar-refractivity contribution in [2.24, 2.45) is 0 Å². The molecule has 1 fully saturated rings. The van der Waals surface area contributed by atoms with Crippen molar-refractivity contribution in [3.63, 3.8) is 0 Å². The minimum Gasteiger partial charge on any atom is -0.394 e. The Morgan fingerprint density at radius 1 is 1.35 bits per heavy atom. The van der Waals surface area contributed by atoms with Crippen LogP contribution < -0.4 is 4.90 Å². The molecule has 2 aromatic rings. The summed E-state index contributed by atoms with van der Waals surface area (Å²) < 4.78 is 7.05. The SMILES string of the molecule is C=CCN(C)c1ncnc2c1ncn2[C@@H]1O[C@H](CO)[C@@H](O)[C@H]1O. The Labute approximate surface area is 132 Å². The maximum atomic E-state index is 10.2. The minimum absolute atomic E-state index is 0.385. The van der Waals surface area contributed by atoms with Gasteiger partial charge in [-0.15, -0.1) is 6.58 Å². The molecule has 0 spiro atoms. The van der Waals surface area contributed by atoms with Crippen LogP contribution in [0.15, 0.2) is 25.3 Å². The van der Waals surface area contributed by atoms with Crippen LogP contribution in [-0.2, 0) is 4.74 Å². The van der Waals surface area contributed by atoms with Crippen LogP contribution in [0.5, 0.6) is 0 Å². The highest BCUT2D eigenvalue weighted by Gasteiger charge is 2.44. The third-order valence-electron chi connectivity index (χ3n) is 3.90. The zero-order valence-electron chi connectivity index (χ0n) is 12.6. The van der Waals surface area contributed by atoms with E-state index >= 15 is 0 Å². The van der Waals surface area contributed by atoms with Crippen LogP contribution >= 0.6 is 0 Å². The van der Waals surface area contributed by atoms with Crippen LogP contribution in [0.2, 0.25) is 0 Å². The molecule has 2 aromatic heterocycles. The lowest BCUT2D eigenvalue weighted by atomic mass is 10.1. The van der Waals surface area contributed by atoms with Crippen LogP contribution in [-0.4, -0.2) is 73.3 Å². The summed E-state index contributed by atoms with van der Waals surface area (Å²) in [6.45, 7) is 3.90. The van der Waals surface area contributed by atoms with Gasteiger partial charge in [0.2, 0.25) is 0 Å². The Bertz CT molecular complexity index is 706. The fourth-order valence-corrected chi connectivity index (χ4v) is 2.70. The number of anilines is 1. The van der Waals surface area contributed by atoms with E-state index < -0.39 is 24.5 Å². The molecule has 3 N–H and O–H groups in total. The molecule has 124 valence electrons. The third kappa shape index (κ3) is 2.57. The number of nitrogens with zero attached hydrogens (tertiary/aromatic N) is 5. The topological polar surface area (TPSA) is 117 Å². The molecule has 3 rings (SSSR count). The first kappa shape index (κ1) is 15.8. The summed E-state index contributed by atoms with van der Waals surface area (Å²) in [5.41, 5.74) is 1.02. The molecule has 0 radical (unpaired) electrons. The van der Waals surface area contributed by atoms with Gasteiger partial charge in [-0.25, -0.2) is 15.0 Å². The van der Waals surface area contributed by atoms with Crippen molar-refractivity contribution in [1.82, 2.24) is 19.5 Å². The molecule has 1 aliphatic rings. The van der Waals surface area contributed by atoms with Crippen LogP contribution in [0.3, 0.4) is 0 Å². The van der Waals surface area contributed by atoms with Crippen molar-refractivity contribution in [3.8, 4) is 0 Å². The summed E-state index contributed by atoms with van der Waals surface area (Å²) in [6, 6.07) is 0. The highest BCUT2D eigenvalue weighted by molar-refractivity contribution is 5.83. The van der Waals surface area contributed by atoms with E-state index in [-0.39, 0.29) is 6.61 Å². The molecule has 3 heterocycles. The predicted octanol–water partition coefficient (Wildman–Crippen LogP) is -0.940. The molecule has 0 bridgehead atoms. The van der Waals surface area contributed by atoms with Gasteiger partial charge in [-0.2, -0.15) is 0 Å². The normalized spacial score (nSPS) is 27.5. The van der Waals surface area contributed by atoms with Gasteiger partial charge in [-0.05, 0) is 0 Å². The lowest BCUT2D eigenvalue weighted by Crippen LogP contribution is -2.33. The maximum Gasteiger partial charge on any atom is 0.167 e. The number of aromatic nitrogens is 4. The molecule has 0 aromatic carbocycles. The first-order valence-electron chi connectivity index (χ1n) is 7.20. The average molecular weight is 321 g/mol. The van der Waals surface area contributed by atoms with E-state index in [1.165, 1.54) is 17.2 Å². The van der Waals surface area contributed by atoms with E-state index in [1.54, 1.807) is 6.08 Å². The summed E-state index contributed by atoms with van der Waals surface area (Å²) in [7, 11) is 1.86. The molecular formula is C14H19N5O4. The third-order valence-corrected chi connectivity index (χ3v) is 3.90. The summed E-state index contributed by atoms with van der Waals surface area (Å²) in [5, 5.41) is 29.2. The Balaban J connectivity index is 2.01. The first-order valence-corrected chi connectivity index (χ1v) is 7.20. The molecule has 4 atom stereocenters. The van der Waals surface area contributed by atoms with Gasteiger partial charge >= 0.3 is 0 Å². The highest BCUT2D eigenvalue weighted by atomic mass is 16.6. The monoisotopic (exact) mass is 321 g/mol. The number of fused-ring (bicyclic) bond motifs is 1. The van der Waals surface area contributed by atoms with Crippen LogP contribution in [0, 0.1) is 0 Å². The Hall–Kier alpha value is -2.07. The number of hydrogen-bond donors (Lipinski definition) is 3. The van der Waals surface area contributed by atoms with Crippen molar-refractivity contribution >= 4 is 17.0 Å². The zero-order valence-corrected chi connectivity index (χ0v) is 12.6. The van der Waals surface area contributed by atoms with Gasteiger partial charge in [0.1, 0.15) is 24.6 Å². The Kier molecular flexibility index (Phi) is 4.26. The number of aliphatic hydroxyl groups is 3. The summed E-state index contributed by atoms with van der Waals surface area (Å²) >= 11 is 0. The van der Waals surface area contributed by atoms with E-state index in [9.17, 15) is 15.3 Å². The predicted molar refractivity (Wildman–Crippen MR) is 81.8 cm³/mol. The summed E-state index contributed by atoms with van der Waals surface area (Å²) in [5.74, 6) is 0.625. The quantitative estimate of drug-likeness (QED) is 0.604. The van der Waals surface area contributed by atoms with E-state index in [2.05, 4.69) is 21.5 Å². The van der Waals surface area contributed by atoms with Crippen molar-refractivity contribution in [1.29, 1.82) is 0 Å². The fourth-order valence-electron chi connectivity index (χ4n) is 2.70. The molecule has 0 aliphatic carbocycles. The first-order chi connectivity index (χ1) is 11.1. The van der Waals surface area contributed by atoms with Crippen molar-refractivity contribution in [3.05, 3.63) is 25.3 Å². The molecule has 9 nitrogen and oxygen atoms in total. The molecule has 9 heteroatoms. The van der Waals surface area contributed by atoms with E-state index in [0.717, 1.165) is 0 Å². The molecular weight excluding hydrogens is 302 g/mol. The van der Waals surface area contributed by atoms with Gasteiger partial charge in [0, 0.05) is 13.6 Å². The summed E-state index contributed by atoms with van der Waals surface area (Å²) in [4.78, 5) is 14.6. The zero-order chi connectivity index (χ0) is 16.6. The molecule has 1 aliphatic heterocycles. The van der Waals surface area contributed by atoms with Crippen molar-refractivity contribution in [2.45, 2.75) is 24.5 Å². The van der Waals surface area contributed by atoms with Gasteiger partial charge in [0.15, 0.2) is 23.2 Å². The smallest absolute Gasteiger partial charge is 0.167 e. The molecule has 0 unspecified atom stereocenters. The number of imidazole rings is 1. The van der Waals surface area contributed by atoms with Gasteiger partial charge in [0.05, 0.1) is 12.9 Å². The second kappa shape index (κ2) is 6.20. The largest absolute Gasteiger partial charge is 0.394 e. The lowest BCUT2D eigenvalue weighted by Gasteiger charge is -2.18. The second-order valence-corrected chi connectivity index (χ2v) is 5.42. The Morgan fingerprint density at radius 3 is 2.78 bits per heavy atom. The van der Waals surface area contributed by atoms with Gasteiger partial charge in [0.25, 0.3) is 0 Å². The van der Waals surface area contributed by atoms with Gasteiger partial charge < -0.3 is 25.0 Å². The number of aliphatic hydroxyl groups excluding tert-OH is 3. The fraction of sp³-hybridized carbons (Fsp3) is 0.500. The molecule has 0 amide bonds. The number of hydrogen-bond acceptors (Lipinski definition) is 8. The van der Waals surface area contributed by atoms with Gasteiger partial charge in [-0.1, -0.05) is 6.08 Å². The Morgan fingerprint density at radius 2 is 2.13 bits per heavy atom.